The van der Waals surface area contributed by atoms with Crippen LogP contribution in [0.25, 0.3) is 6.08 Å². The maximum Gasteiger partial charge on any atom is 0.270 e. The summed E-state index contributed by atoms with van der Waals surface area (Å²) in [5, 5.41) is 2.28. The highest BCUT2D eigenvalue weighted by Crippen LogP contribution is 2.38. The number of rotatable bonds is 7. The molecule has 1 fully saturated rings. The van der Waals surface area contributed by atoms with Gasteiger partial charge in [0, 0.05) is 5.56 Å². The van der Waals surface area contributed by atoms with Crippen LogP contribution in [0.5, 0.6) is 11.5 Å². The summed E-state index contributed by atoms with van der Waals surface area (Å²) in [6.45, 7) is 1.93. The van der Waals surface area contributed by atoms with Gasteiger partial charge in [-0.15, -0.1) is 0 Å². The number of carbonyl (C=O) groups is 2. The Balaban J connectivity index is 1.68. The average molecular weight is 529 g/mol. The lowest BCUT2D eigenvalue weighted by Gasteiger charge is -2.29. The standard InChI is InChI=1S/C26H19ClF2N2O4S/c1-2-34-22-13-15(12-18(27)23(22)35-14-16-7-3-4-8-19(16)28)11-17-24(32)30-26(36)31(25(17)33)21-10-6-5-9-20(21)29/h3-13H,2,14H2,1H3,(H,30,32,36)/b17-11+. The first-order valence-corrected chi connectivity index (χ1v) is 11.6. The van der Waals surface area contributed by atoms with Crippen molar-refractivity contribution in [2.24, 2.45) is 0 Å². The van der Waals surface area contributed by atoms with Gasteiger partial charge in [0.1, 0.15) is 23.8 Å². The minimum atomic E-state index is -0.803. The van der Waals surface area contributed by atoms with Crippen molar-refractivity contribution in [3.05, 3.63) is 94.0 Å². The van der Waals surface area contributed by atoms with Crippen molar-refractivity contribution in [1.82, 2.24) is 5.32 Å². The van der Waals surface area contributed by atoms with Crippen LogP contribution in [0.4, 0.5) is 14.5 Å². The Hall–Kier alpha value is -3.82. The fraction of sp³-hybridized carbons (Fsp3) is 0.115. The summed E-state index contributed by atoms with van der Waals surface area (Å²) in [5.41, 5.74) is 0.297. The largest absolute Gasteiger partial charge is 0.490 e. The number of nitrogens with zero attached hydrogens (tertiary/aromatic N) is 1. The molecule has 1 aliphatic rings. The van der Waals surface area contributed by atoms with Crippen molar-refractivity contribution in [2.45, 2.75) is 13.5 Å². The van der Waals surface area contributed by atoms with Gasteiger partial charge in [-0.05, 0) is 61.1 Å². The highest BCUT2D eigenvalue weighted by atomic mass is 35.5. The average Bonchev–Trinajstić information content (AvgIpc) is 2.83. The molecule has 2 amide bonds. The Labute approximate surface area is 216 Å². The van der Waals surface area contributed by atoms with E-state index in [0.717, 1.165) is 4.90 Å². The van der Waals surface area contributed by atoms with Gasteiger partial charge in [-0.25, -0.2) is 13.7 Å². The van der Waals surface area contributed by atoms with E-state index < -0.39 is 23.4 Å². The van der Waals surface area contributed by atoms with Gasteiger partial charge in [-0.1, -0.05) is 41.9 Å². The molecule has 0 saturated carbocycles. The Morgan fingerprint density at radius 2 is 1.72 bits per heavy atom. The molecule has 0 unspecified atom stereocenters. The zero-order valence-electron chi connectivity index (χ0n) is 18.9. The normalized spacial score (nSPS) is 14.7. The highest BCUT2D eigenvalue weighted by molar-refractivity contribution is 7.80. The molecule has 0 radical (unpaired) electrons. The molecule has 1 aliphatic heterocycles. The topological polar surface area (TPSA) is 67.9 Å². The molecule has 0 spiro atoms. The summed E-state index contributed by atoms with van der Waals surface area (Å²) >= 11 is 11.5. The summed E-state index contributed by atoms with van der Waals surface area (Å²) in [4.78, 5) is 26.7. The second-order valence-electron chi connectivity index (χ2n) is 7.55. The van der Waals surface area contributed by atoms with Crippen molar-refractivity contribution < 1.29 is 27.8 Å². The molecule has 1 N–H and O–H groups in total. The van der Waals surface area contributed by atoms with Gasteiger partial charge < -0.3 is 9.47 Å². The van der Waals surface area contributed by atoms with Crippen molar-refractivity contribution >= 4 is 52.5 Å². The van der Waals surface area contributed by atoms with Crippen molar-refractivity contribution in [2.75, 3.05) is 11.5 Å². The number of hydrogen-bond donors (Lipinski definition) is 1. The van der Waals surface area contributed by atoms with E-state index in [0.29, 0.717) is 11.1 Å². The number of halogens is 3. The van der Waals surface area contributed by atoms with Crippen LogP contribution in [0.2, 0.25) is 5.02 Å². The fourth-order valence-electron chi connectivity index (χ4n) is 3.52. The molecule has 0 aromatic heterocycles. The third-order valence-corrected chi connectivity index (χ3v) is 5.73. The number of ether oxygens (including phenoxy) is 2. The first kappa shape index (κ1) is 25.3. The minimum absolute atomic E-state index is 0.0941. The predicted molar refractivity (Wildman–Crippen MR) is 136 cm³/mol. The Bertz CT molecular complexity index is 1400. The van der Waals surface area contributed by atoms with Gasteiger partial charge >= 0.3 is 0 Å². The summed E-state index contributed by atoms with van der Waals surface area (Å²) < 4.78 is 39.7. The maximum atomic E-state index is 14.4. The zero-order valence-corrected chi connectivity index (χ0v) is 20.5. The van der Waals surface area contributed by atoms with Gasteiger partial charge in [-0.2, -0.15) is 0 Å². The second-order valence-corrected chi connectivity index (χ2v) is 8.35. The number of nitrogens with one attached hydrogen (secondary N) is 1. The van der Waals surface area contributed by atoms with E-state index >= 15 is 0 Å². The van der Waals surface area contributed by atoms with Crippen LogP contribution in [0, 0.1) is 11.6 Å². The SMILES string of the molecule is CCOc1cc(/C=C2\C(=O)NC(=S)N(c3ccccc3F)C2=O)cc(Cl)c1OCc1ccccc1F. The smallest absolute Gasteiger partial charge is 0.270 e. The van der Waals surface area contributed by atoms with Crippen molar-refractivity contribution in [3.63, 3.8) is 0 Å². The van der Waals surface area contributed by atoms with E-state index in [-0.39, 0.29) is 46.1 Å². The number of benzene rings is 3. The van der Waals surface area contributed by atoms with Crippen LogP contribution in [0.15, 0.2) is 66.2 Å². The highest BCUT2D eigenvalue weighted by Gasteiger charge is 2.35. The van der Waals surface area contributed by atoms with E-state index in [9.17, 15) is 18.4 Å². The van der Waals surface area contributed by atoms with Crippen LogP contribution in [0.3, 0.4) is 0 Å². The predicted octanol–water partition coefficient (Wildman–Crippen LogP) is 5.43. The molecule has 3 aromatic rings. The quantitative estimate of drug-likeness (QED) is 0.252. The van der Waals surface area contributed by atoms with Crippen LogP contribution in [-0.2, 0) is 16.2 Å². The summed E-state index contributed by atoms with van der Waals surface area (Å²) in [7, 11) is 0. The lowest BCUT2D eigenvalue weighted by molar-refractivity contribution is -0.122. The number of anilines is 1. The lowest BCUT2D eigenvalue weighted by atomic mass is 10.1. The van der Waals surface area contributed by atoms with Crippen LogP contribution >= 0.6 is 23.8 Å². The van der Waals surface area contributed by atoms with Crippen molar-refractivity contribution in [1.29, 1.82) is 0 Å². The summed E-state index contributed by atoms with van der Waals surface area (Å²) in [5.74, 6) is -2.24. The van der Waals surface area contributed by atoms with Gasteiger partial charge in [0.15, 0.2) is 16.6 Å². The maximum absolute atomic E-state index is 14.4. The molecular formula is C26H19ClF2N2O4S. The fourth-order valence-corrected chi connectivity index (χ4v) is 4.06. The summed E-state index contributed by atoms with van der Waals surface area (Å²) in [6.07, 6.45) is 1.29. The monoisotopic (exact) mass is 528 g/mol. The van der Waals surface area contributed by atoms with Gasteiger partial charge in [0.05, 0.1) is 17.3 Å². The van der Waals surface area contributed by atoms with Crippen molar-refractivity contribution in [3.8, 4) is 11.5 Å². The second kappa shape index (κ2) is 10.8. The minimum Gasteiger partial charge on any atom is -0.490 e. The van der Waals surface area contributed by atoms with E-state index in [1.165, 1.54) is 42.5 Å². The van der Waals surface area contributed by atoms with Gasteiger partial charge in [0.2, 0.25) is 0 Å². The molecule has 1 heterocycles. The first-order valence-electron chi connectivity index (χ1n) is 10.8. The molecule has 10 heteroatoms. The number of amides is 2. The van der Waals surface area contributed by atoms with Gasteiger partial charge in [-0.3, -0.25) is 14.9 Å². The Morgan fingerprint density at radius 1 is 1.03 bits per heavy atom. The third kappa shape index (κ3) is 5.22. The summed E-state index contributed by atoms with van der Waals surface area (Å²) in [6, 6.07) is 14.7. The van der Waals surface area contributed by atoms with E-state index in [1.807, 2.05) is 0 Å². The molecule has 0 aliphatic carbocycles. The molecule has 36 heavy (non-hydrogen) atoms. The third-order valence-electron chi connectivity index (χ3n) is 5.17. The van der Waals surface area contributed by atoms with E-state index in [4.69, 9.17) is 33.3 Å². The van der Waals surface area contributed by atoms with Crippen LogP contribution in [0.1, 0.15) is 18.1 Å². The molecule has 1 saturated heterocycles. The molecule has 6 nitrogen and oxygen atoms in total. The zero-order chi connectivity index (χ0) is 25.8. The number of hydrogen-bond acceptors (Lipinski definition) is 5. The lowest BCUT2D eigenvalue weighted by Crippen LogP contribution is -2.54. The van der Waals surface area contributed by atoms with Crippen LogP contribution < -0.4 is 19.7 Å². The molecule has 184 valence electrons. The van der Waals surface area contributed by atoms with Crippen LogP contribution in [-0.4, -0.2) is 23.5 Å². The van der Waals surface area contributed by atoms with Gasteiger partial charge in [0.25, 0.3) is 11.8 Å². The number of thiocarbonyl (C=S) groups is 1. The molecule has 0 atom stereocenters. The molecule has 4 rings (SSSR count). The molecule has 3 aromatic carbocycles. The molecular weight excluding hydrogens is 510 g/mol. The Morgan fingerprint density at radius 3 is 2.42 bits per heavy atom. The first-order chi connectivity index (χ1) is 17.3. The van der Waals surface area contributed by atoms with E-state index in [1.54, 1.807) is 31.2 Å². The Kier molecular flexibility index (Phi) is 7.61. The number of para-hydroxylation sites is 1. The molecule has 0 bridgehead atoms. The number of carbonyl (C=O) groups excluding carboxylic acids is 2. The van der Waals surface area contributed by atoms with E-state index in [2.05, 4.69) is 5.32 Å².